The summed E-state index contributed by atoms with van der Waals surface area (Å²) in [6, 6.07) is 11.9. The van der Waals surface area contributed by atoms with Crippen LogP contribution < -0.4 is 0 Å². The maximum atomic E-state index is 12.6. The largest absolute Gasteiger partial charge is 0.331 e. The molecule has 0 aliphatic carbocycles. The van der Waals surface area contributed by atoms with E-state index in [9.17, 15) is 4.79 Å². The number of amides is 1. The first-order valence-electron chi connectivity index (χ1n) is 7.19. The molecule has 116 valence electrons. The Morgan fingerprint density at radius 2 is 1.83 bits per heavy atom. The van der Waals surface area contributed by atoms with Gasteiger partial charge in [0.1, 0.15) is 5.01 Å². The Morgan fingerprint density at radius 1 is 1.09 bits per heavy atom. The lowest BCUT2D eigenvalue weighted by atomic mass is 10.3. The second-order valence-electron chi connectivity index (χ2n) is 4.94. The summed E-state index contributed by atoms with van der Waals surface area (Å²) >= 11 is 3.12. The van der Waals surface area contributed by atoms with E-state index < -0.39 is 0 Å². The Kier molecular flexibility index (Phi) is 4.69. The van der Waals surface area contributed by atoms with Gasteiger partial charge in [-0.3, -0.25) is 4.79 Å². The van der Waals surface area contributed by atoms with Crippen LogP contribution in [0.15, 0.2) is 61.7 Å². The van der Waals surface area contributed by atoms with E-state index in [1.54, 1.807) is 28.4 Å². The number of hydrogen-bond donors (Lipinski definition) is 0. The quantitative estimate of drug-likeness (QED) is 0.602. The summed E-state index contributed by atoms with van der Waals surface area (Å²) in [5, 5.41) is 0.953. The van der Waals surface area contributed by atoms with Gasteiger partial charge in [0.2, 0.25) is 0 Å². The van der Waals surface area contributed by atoms with Gasteiger partial charge in [-0.25, -0.2) is 4.98 Å². The lowest BCUT2D eigenvalue weighted by molar-refractivity contribution is 0.0795. The van der Waals surface area contributed by atoms with Crippen molar-refractivity contribution in [3.8, 4) is 9.88 Å². The van der Waals surface area contributed by atoms with Crippen LogP contribution >= 0.6 is 22.7 Å². The minimum absolute atomic E-state index is 0.00200. The molecule has 0 atom stereocenters. The first kappa shape index (κ1) is 15.6. The number of carbonyl (C=O) groups is 1. The predicted molar refractivity (Wildman–Crippen MR) is 99.2 cm³/mol. The molecular weight excluding hydrogens is 324 g/mol. The fourth-order valence-electron chi connectivity index (χ4n) is 2.25. The van der Waals surface area contributed by atoms with Gasteiger partial charge < -0.3 is 4.90 Å². The van der Waals surface area contributed by atoms with Gasteiger partial charge in [0.25, 0.3) is 5.91 Å². The van der Waals surface area contributed by atoms with Crippen LogP contribution in [0.5, 0.6) is 0 Å². The number of hydrogen-bond acceptors (Lipinski definition) is 4. The predicted octanol–water partition coefficient (Wildman–Crippen LogP) is 4.84. The summed E-state index contributed by atoms with van der Waals surface area (Å²) in [7, 11) is 0. The van der Waals surface area contributed by atoms with Crippen LogP contribution in [0.3, 0.4) is 0 Å². The molecule has 0 saturated heterocycles. The highest BCUT2D eigenvalue weighted by molar-refractivity contribution is 7.26. The zero-order valence-corrected chi connectivity index (χ0v) is 14.2. The molecule has 0 saturated carbocycles. The Bertz CT molecular complexity index is 820. The van der Waals surface area contributed by atoms with E-state index in [0.717, 1.165) is 20.1 Å². The van der Waals surface area contributed by atoms with Crippen molar-refractivity contribution >= 4 is 38.8 Å². The number of benzene rings is 1. The van der Waals surface area contributed by atoms with Gasteiger partial charge in [0, 0.05) is 13.1 Å². The summed E-state index contributed by atoms with van der Waals surface area (Å²) in [4.78, 5) is 20.7. The van der Waals surface area contributed by atoms with Crippen molar-refractivity contribution < 1.29 is 4.79 Å². The van der Waals surface area contributed by atoms with Crippen LogP contribution in [0.4, 0.5) is 0 Å². The standard InChI is InChI=1S/C18H16N2OS2/c1-3-11-20(12-4-2)18(21)16-10-9-15(22-16)17-19-13-7-5-6-8-14(13)23-17/h3-10H,1-2,11-12H2. The molecule has 0 N–H and O–H groups in total. The minimum Gasteiger partial charge on any atom is -0.331 e. The highest BCUT2D eigenvalue weighted by atomic mass is 32.1. The third-order valence-electron chi connectivity index (χ3n) is 3.31. The molecule has 5 heteroatoms. The summed E-state index contributed by atoms with van der Waals surface area (Å²) in [5.41, 5.74) is 0.994. The Hall–Kier alpha value is -2.24. The van der Waals surface area contributed by atoms with Crippen molar-refractivity contribution in [3.05, 3.63) is 66.6 Å². The van der Waals surface area contributed by atoms with Gasteiger partial charge in [0.15, 0.2) is 0 Å². The molecule has 0 aliphatic heterocycles. The van der Waals surface area contributed by atoms with E-state index in [2.05, 4.69) is 24.2 Å². The first-order chi connectivity index (χ1) is 11.2. The Balaban J connectivity index is 1.88. The number of carbonyl (C=O) groups excluding carboxylic acids is 1. The summed E-state index contributed by atoms with van der Waals surface area (Å²) < 4.78 is 1.16. The van der Waals surface area contributed by atoms with Gasteiger partial charge >= 0.3 is 0 Å². The van der Waals surface area contributed by atoms with Crippen molar-refractivity contribution in [2.24, 2.45) is 0 Å². The molecule has 23 heavy (non-hydrogen) atoms. The molecule has 3 aromatic rings. The van der Waals surface area contributed by atoms with E-state index in [0.29, 0.717) is 18.0 Å². The zero-order valence-electron chi connectivity index (χ0n) is 12.6. The van der Waals surface area contributed by atoms with E-state index in [-0.39, 0.29) is 5.91 Å². The lowest BCUT2D eigenvalue weighted by Gasteiger charge is -2.18. The van der Waals surface area contributed by atoms with Crippen molar-refractivity contribution in [3.63, 3.8) is 0 Å². The number of thiazole rings is 1. The zero-order chi connectivity index (χ0) is 16.2. The fourth-order valence-corrected chi connectivity index (χ4v) is 4.25. The molecule has 1 aromatic carbocycles. The van der Waals surface area contributed by atoms with Crippen LogP contribution in [0.25, 0.3) is 20.1 Å². The van der Waals surface area contributed by atoms with Crippen molar-refractivity contribution in [1.82, 2.24) is 9.88 Å². The smallest absolute Gasteiger partial charge is 0.264 e. The van der Waals surface area contributed by atoms with Gasteiger partial charge in [-0.1, -0.05) is 24.3 Å². The monoisotopic (exact) mass is 340 g/mol. The number of fused-ring (bicyclic) bond motifs is 1. The maximum Gasteiger partial charge on any atom is 0.264 e. The number of aromatic nitrogens is 1. The van der Waals surface area contributed by atoms with Crippen LogP contribution in [0, 0.1) is 0 Å². The molecule has 0 spiro atoms. The second-order valence-corrected chi connectivity index (χ2v) is 7.05. The molecule has 3 rings (SSSR count). The normalized spacial score (nSPS) is 10.6. The second kappa shape index (κ2) is 6.89. The molecule has 3 nitrogen and oxygen atoms in total. The molecule has 1 amide bonds. The van der Waals surface area contributed by atoms with Gasteiger partial charge in [0.05, 0.1) is 20.0 Å². The highest BCUT2D eigenvalue weighted by Gasteiger charge is 2.17. The SMILES string of the molecule is C=CCN(CC=C)C(=O)c1ccc(-c2nc3ccccc3s2)s1. The van der Waals surface area contributed by atoms with E-state index in [4.69, 9.17) is 0 Å². The van der Waals surface area contributed by atoms with Gasteiger partial charge in [-0.05, 0) is 24.3 Å². The van der Waals surface area contributed by atoms with Gasteiger partial charge in [-0.2, -0.15) is 0 Å². The maximum absolute atomic E-state index is 12.6. The van der Waals surface area contributed by atoms with E-state index in [1.807, 2.05) is 30.3 Å². The van der Waals surface area contributed by atoms with Gasteiger partial charge in [-0.15, -0.1) is 35.8 Å². The summed E-state index contributed by atoms with van der Waals surface area (Å²) in [6.07, 6.45) is 3.45. The highest BCUT2D eigenvalue weighted by Crippen LogP contribution is 2.34. The Labute approximate surface area is 143 Å². The first-order valence-corrected chi connectivity index (χ1v) is 8.83. The van der Waals surface area contributed by atoms with Crippen LogP contribution in [-0.4, -0.2) is 28.9 Å². The van der Waals surface area contributed by atoms with Crippen molar-refractivity contribution in [1.29, 1.82) is 0 Å². The number of nitrogens with zero attached hydrogens (tertiary/aromatic N) is 2. The Morgan fingerprint density at radius 3 is 2.52 bits per heavy atom. The third-order valence-corrected chi connectivity index (χ3v) is 5.59. The average Bonchev–Trinajstić information content (AvgIpc) is 3.20. The van der Waals surface area contributed by atoms with Crippen LogP contribution in [0.2, 0.25) is 0 Å². The lowest BCUT2D eigenvalue weighted by Crippen LogP contribution is -2.30. The minimum atomic E-state index is 0.00200. The van der Waals surface area contributed by atoms with E-state index in [1.165, 1.54) is 11.3 Å². The average molecular weight is 340 g/mol. The van der Waals surface area contributed by atoms with Crippen LogP contribution in [-0.2, 0) is 0 Å². The summed E-state index contributed by atoms with van der Waals surface area (Å²) in [6.45, 7) is 8.43. The van der Waals surface area contributed by atoms with Crippen molar-refractivity contribution in [2.45, 2.75) is 0 Å². The number of rotatable bonds is 6. The topological polar surface area (TPSA) is 33.2 Å². The van der Waals surface area contributed by atoms with Crippen molar-refractivity contribution in [2.75, 3.05) is 13.1 Å². The summed E-state index contributed by atoms with van der Waals surface area (Å²) in [5.74, 6) is 0.00200. The fraction of sp³-hybridized carbons (Fsp3) is 0.111. The number of thiophene rings is 1. The molecule has 2 heterocycles. The molecule has 0 fully saturated rings. The molecule has 0 aliphatic rings. The van der Waals surface area contributed by atoms with Crippen LogP contribution in [0.1, 0.15) is 9.67 Å². The molecule has 0 radical (unpaired) electrons. The third kappa shape index (κ3) is 3.25. The molecule has 2 aromatic heterocycles. The van der Waals surface area contributed by atoms with E-state index >= 15 is 0 Å². The molecule has 0 bridgehead atoms. The number of para-hydroxylation sites is 1. The molecular formula is C18H16N2OS2. The molecule has 0 unspecified atom stereocenters.